The van der Waals surface area contributed by atoms with Crippen LogP contribution < -0.4 is 14.4 Å². The summed E-state index contributed by atoms with van der Waals surface area (Å²) in [4.78, 5) is 16.6. The molecule has 1 aliphatic rings. The molecule has 0 unspecified atom stereocenters. The van der Waals surface area contributed by atoms with E-state index in [4.69, 9.17) is 9.47 Å². The number of carbonyl (C=O) groups is 1. The summed E-state index contributed by atoms with van der Waals surface area (Å²) in [5.41, 5.74) is 1.61. The van der Waals surface area contributed by atoms with Crippen LogP contribution in [-0.2, 0) is 10.0 Å². The predicted octanol–water partition coefficient (Wildman–Crippen LogP) is 1.92. The highest BCUT2D eigenvalue weighted by Crippen LogP contribution is 2.31. The van der Waals surface area contributed by atoms with Crippen LogP contribution in [0.25, 0.3) is 0 Å². The Hall–Kier alpha value is -2.78. The highest BCUT2D eigenvalue weighted by molar-refractivity contribution is 7.89. The molecule has 1 fully saturated rings. The molecule has 0 N–H and O–H groups in total. The van der Waals surface area contributed by atoms with Crippen molar-refractivity contribution in [3.8, 4) is 11.5 Å². The maximum absolute atomic E-state index is 13.0. The van der Waals surface area contributed by atoms with Crippen molar-refractivity contribution in [3.05, 3.63) is 48.0 Å². The Morgan fingerprint density at radius 2 is 1.50 bits per heavy atom. The SMILES string of the molecule is COc1ccc(S(=O)(=O)N2CCN(C(=O)c3ccc(N(C)C)cc3)CC2)cc1OC. The molecule has 1 amide bonds. The highest BCUT2D eigenvalue weighted by atomic mass is 32.2. The fourth-order valence-electron chi connectivity index (χ4n) is 3.34. The Morgan fingerprint density at radius 3 is 2.03 bits per heavy atom. The van der Waals surface area contributed by atoms with Crippen molar-refractivity contribution in [2.75, 3.05) is 59.4 Å². The Morgan fingerprint density at radius 1 is 0.900 bits per heavy atom. The van der Waals surface area contributed by atoms with Crippen molar-refractivity contribution in [2.24, 2.45) is 0 Å². The minimum absolute atomic E-state index is 0.0940. The van der Waals surface area contributed by atoms with Gasteiger partial charge in [0.2, 0.25) is 10.0 Å². The topological polar surface area (TPSA) is 79.4 Å². The van der Waals surface area contributed by atoms with E-state index in [2.05, 4.69) is 0 Å². The lowest BCUT2D eigenvalue weighted by molar-refractivity contribution is 0.0698. The smallest absolute Gasteiger partial charge is 0.253 e. The Balaban J connectivity index is 1.69. The van der Waals surface area contributed by atoms with Crippen LogP contribution in [0, 0.1) is 0 Å². The second-order valence-corrected chi connectivity index (χ2v) is 9.09. The number of rotatable bonds is 6. The number of amides is 1. The third-order valence-electron chi connectivity index (χ3n) is 5.15. The molecule has 1 aliphatic heterocycles. The number of benzene rings is 2. The van der Waals surface area contributed by atoms with E-state index in [0.717, 1.165) is 5.69 Å². The van der Waals surface area contributed by atoms with Gasteiger partial charge in [0, 0.05) is 57.6 Å². The number of anilines is 1. The van der Waals surface area contributed by atoms with Crippen LogP contribution >= 0.6 is 0 Å². The zero-order valence-corrected chi connectivity index (χ0v) is 18.5. The minimum atomic E-state index is -3.69. The molecule has 8 nitrogen and oxygen atoms in total. The van der Waals surface area contributed by atoms with Gasteiger partial charge in [0.05, 0.1) is 19.1 Å². The lowest BCUT2D eigenvalue weighted by atomic mass is 10.1. The normalized spacial score (nSPS) is 15.0. The fourth-order valence-corrected chi connectivity index (χ4v) is 4.78. The second kappa shape index (κ2) is 8.93. The van der Waals surface area contributed by atoms with E-state index in [-0.39, 0.29) is 23.9 Å². The molecule has 0 aliphatic carbocycles. The van der Waals surface area contributed by atoms with Crippen LogP contribution in [0.1, 0.15) is 10.4 Å². The maximum Gasteiger partial charge on any atom is 0.253 e. The molecular weight excluding hydrogens is 406 g/mol. The summed E-state index contributed by atoms with van der Waals surface area (Å²) in [7, 11) is 3.14. The van der Waals surface area contributed by atoms with Crippen molar-refractivity contribution < 1.29 is 22.7 Å². The lowest BCUT2D eigenvalue weighted by Gasteiger charge is -2.34. The molecule has 0 radical (unpaired) electrons. The summed E-state index contributed by atoms with van der Waals surface area (Å²) in [6, 6.07) is 11.9. The number of sulfonamides is 1. The van der Waals surface area contributed by atoms with E-state index in [1.165, 1.54) is 30.7 Å². The number of carbonyl (C=O) groups excluding carboxylic acids is 1. The van der Waals surface area contributed by atoms with Crippen molar-refractivity contribution in [1.29, 1.82) is 0 Å². The molecule has 2 aromatic rings. The maximum atomic E-state index is 13.0. The molecular formula is C21H27N3O5S. The molecule has 3 rings (SSSR count). The molecule has 2 aromatic carbocycles. The lowest BCUT2D eigenvalue weighted by Crippen LogP contribution is -2.50. The van der Waals surface area contributed by atoms with Crippen LogP contribution in [0.4, 0.5) is 5.69 Å². The fraction of sp³-hybridized carbons (Fsp3) is 0.381. The van der Waals surface area contributed by atoms with Gasteiger partial charge in [-0.2, -0.15) is 4.31 Å². The zero-order valence-electron chi connectivity index (χ0n) is 17.7. The summed E-state index contributed by atoms with van der Waals surface area (Å²) in [5, 5.41) is 0. The largest absolute Gasteiger partial charge is 0.493 e. The summed E-state index contributed by atoms with van der Waals surface area (Å²) in [6.45, 7) is 1.14. The zero-order chi connectivity index (χ0) is 21.9. The number of hydrogen-bond donors (Lipinski definition) is 0. The van der Waals surface area contributed by atoms with Crippen LogP contribution in [0.2, 0.25) is 0 Å². The van der Waals surface area contributed by atoms with E-state index in [0.29, 0.717) is 30.2 Å². The Labute approximate surface area is 177 Å². The number of nitrogens with zero attached hydrogens (tertiary/aromatic N) is 3. The van der Waals surface area contributed by atoms with Crippen LogP contribution in [0.3, 0.4) is 0 Å². The third-order valence-corrected chi connectivity index (χ3v) is 7.04. The van der Waals surface area contributed by atoms with Gasteiger partial charge >= 0.3 is 0 Å². The van der Waals surface area contributed by atoms with Crippen LogP contribution in [0.5, 0.6) is 11.5 Å². The molecule has 0 saturated carbocycles. The second-order valence-electron chi connectivity index (χ2n) is 7.15. The minimum Gasteiger partial charge on any atom is -0.493 e. The molecule has 162 valence electrons. The summed E-state index contributed by atoms with van der Waals surface area (Å²) in [6.07, 6.45) is 0. The van der Waals surface area contributed by atoms with Gasteiger partial charge < -0.3 is 19.3 Å². The van der Waals surface area contributed by atoms with Crippen LogP contribution in [-0.4, -0.2) is 78.0 Å². The van der Waals surface area contributed by atoms with Crippen molar-refractivity contribution in [2.45, 2.75) is 4.90 Å². The van der Waals surface area contributed by atoms with Crippen molar-refractivity contribution >= 4 is 21.6 Å². The van der Waals surface area contributed by atoms with Gasteiger partial charge in [-0.3, -0.25) is 4.79 Å². The summed E-state index contributed by atoms with van der Waals surface area (Å²) < 4.78 is 37.8. The Bertz CT molecular complexity index is 998. The number of piperazine rings is 1. The van der Waals surface area contributed by atoms with E-state index in [1.54, 1.807) is 23.1 Å². The first-order chi connectivity index (χ1) is 14.3. The van der Waals surface area contributed by atoms with Gasteiger partial charge in [-0.05, 0) is 36.4 Å². The molecule has 1 heterocycles. The number of ether oxygens (including phenoxy) is 2. The van der Waals surface area contributed by atoms with Gasteiger partial charge in [0.15, 0.2) is 11.5 Å². The van der Waals surface area contributed by atoms with Crippen molar-refractivity contribution in [3.63, 3.8) is 0 Å². The molecule has 1 saturated heterocycles. The average Bonchev–Trinajstić information content (AvgIpc) is 2.78. The third kappa shape index (κ3) is 4.36. The molecule has 0 spiro atoms. The molecule has 30 heavy (non-hydrogen) atoms. The molecule has 0 bridgehead atoms. The monoisotopic (exact) mass is 433 g/mol. The van der Waals surface area contributed by atoms with Gasteiger partial charge in [-0.25, -0.2) is 8.42 Å². The van der Waals surface area contributed by atoms with E-state index in [1.807, 2.05) is 31.1 Å². The summed E-state index contributed by atoms with van der Waals surface area (Å²) >= 11 is 0. The summed E-state index contributed by atoms with van der Waals surface area (Å²) in [5.74, 6) is 0.726. The van der Waals surface area contributed by atoms with Crippen molar-refractivity contribution in [1.82, 2.24) is 9.21 Å². The first-order valence-corrected chi connectivity index (χ1v) is 11.0. The quantitative estimate of drug-likeness (QED) is 0.693. The van der Waals surface area contributed by atoms with E-state index < -0.39 is 10.0 Å². The standard InChI is InChI=1S/C21H27N3O5S/c1-22(2)17-7-5-16(6-8-17)21(25)23-11-13-24(14-12-23)30(26,27)18-9-10-19(28-3)20(15-18)29-4/h5-10,15H,11-14H2,1-4H3. The Kier molecular flexibility index (Phi) is 6.52. The number of hydrogen-bond acceptors (Lipinski definition) is 6. The van der Waals surface area contributed by atoms with Gasteiger partial charge in [0.1, 0.15) is 0 Å². The first kappa shape index (κ1) is 21.9. The molecule has 0 atom stereocenters. The van der Waals surface area contributed by atoms with Crippen LogP contribution in [0.15, 0.2) is 47.4 Å². The van der Waals surface area contributed by atoms with E-state index in [9.17, 15) is 13.2 Å². The van der Waals surface area contributed by atoms with Gasteiger partial charge in [0.25, 0.3) is 5.91 Å². The average molecular weight is 434 g/mol. The number of methoxy groups -OCH3 is 2. The first-order valence-electron chi connectivity index (χ1n) is 9.56. The predicted molar refractivity (Wildman–Crippen MR) is 115 cm³/mol. The highest BCUT2D eigenvalue weighted by Gasteiger charge is 2.31. The van der Waals surface area contributed by atoms with E-state index >= 15 is 0 Å². The molecule has 0 aromatic heterocycles. The van der Waals surface area contributed by atoms with Gasteiger partial charge in [-0.15, -0.1) is 0 Å². The van der Waals surface area contributed by atoms with Gasteiger partial charge in [-0.1, -0.05) is 0 Å². The molecule has 9 heteroatoms.